The SMILES string of the molecule is CCCCC[NH2+]Cc1ccccc1OC. The average molecular weight is 208 g/mol. The number of para-hydroxylation sites is 1. The van der Waals surface area contributed by atoms with Crippen LogP contribution in [0.2, 0.25) is 0 Å². The van der Waals surface area contributed by atoms with Gasteiger partial charge in [0.15, 0.2) is 0 Å². The number of quaternary nitrogens is 1. The fourth-order valence-electron chi connectivity index (χ4n) is 1.67. The van der Waals surface area contributed by atoms with Crippen LogP contribution in [-0.4, -0.2) is 13.7 Å². The van der Waals surface area contributed by atoms with Gasteiger partial charge in [0.1, 0.15) is 12.3 Å². The van der Waals surface area contributed by atoms with Gasteiger partial charge >= 0.3 is 0 Å². The molecule has 0 atom stereocenters. The van der Waals surface area contributed by atoms with Crippen LogP contribution in [0.3, 0.4) is 0 Å². The number of methoxy groups -OCH3 is 1. The Kier molecular flexibility index (Phi) is 5.86. The third-order valence-electron chi connectivity index (χ3n) is 2.57. The van der Waals surface area contributed by atoms with Gasteiger partial charge < -0.3 is 10.1 Å². The summed E-state index contributed by atoms with van der Waals surface area (Å²) in [5, 5.41) is 2.35. The Bertz CT molecular complexity index is 273. The minimum atomic E-state index is 1.00. The van der Waals surface area contributed by atoms with E-state index in [0.717, 1.165) is 12.3 Å². The van der Waals surface area contributed by atoms with E-state index in [1.54, 1.807) is 7.11 Å². The Hall–Kier alpha value is -1.02. The van der Waals surface area contributed by atoms with Crippen molar-refractivity contribution in [1.29, 1.82) is 0 Å². The average Bonchev–Trinajstić information content (AvgIpc) is 2.29. The molecule has 0 aliphatic heterocycles. The van der Waals surface area contributed by atoms with Crippen LogP contribution in [0.5, 0.6) is 5.75 Å². The smallest absolute Gasteiger partial charge is 0.127 e. The van der Waals surface area contributed by atoms with E-state index in [1.165, 1.54) is 31.4 Å². The van der Waals surface area contributed by atoms with Crippen LogP contribution in [0, 0.1) is 0 Å². The number of rotatable bonds is 7. The normalized spacial score (nSPS) is 10.3. The summed E-state index contributed by atoms with van der Waals surface area (Å²) in [5.41, 5.74) is 1.29. The van der Waals surface area contributed by atoms with Gasteiger partial charge in [-0.3, -0.25) is 0 Å². The van der Waals surface area contributed by atoms with Crippen molar-refractivity contribution in [3.05, 3.63) is 29.8 Å². The molecule has 2 N–H and O–H groups in total. The van der Waals surface area contributed by atoms with Crippen molar-refractivity contribution < 1.29 is 10.1 Å². The van der Waals surface area contributed by atoms with Crippen molar-refractivity contribution in [2.24, 2.45) is 0 Å². The van der Waals surface area contributed by atoms with Crippen molar-refractivity contribution in [1.82, 2.24) is 0 Å². The van der Waals surface area contributed by atoms with Gasteiger partial charge in [-0.15, -0.1) is 0 Å². The van der Waals surface area contributed by atoms with Crippen LogP contribution in [0.4, 0.5) is 0 Å². The van der Waals surface area contributed by atoms with Gasteiger partial charge in [-0.1, -0.05) is 25.5 Å². The fraction of sp³-hybridized carbons (Fsp3) is 0.538. The maximum absolute atomic E-state index is 5.30. The third-order valence-corrected chi connectivity index (χ3v) is 2.57. The summed E-state index contributed by atoms with van der Waals surface area (Å²) in [6, 6.07) is 8.24. The largest absolute Gasteiger partial charge is 0.496 e. The molecule has 0 saturated carbocycles. The summed E-state index contributed by atoms with van der Waals surface area (Å²) < 4.78 is 5.30. The third kappa shape index (κ3) is 4.34. The molecule has 0 aliphatic rings. The Balaban J connectivity index is 2.30. The molecule has 2 nitrogen and oxygen atoms in total. The van der Waals surface area contributed by atoms with Gasteiger partial charge in [0, 0.05) is 5.56 Å². The first-order chi connectivity index (χ1) is 7.38. The van der Waals surface area contributed by atoms with Crippen LogP contribution in [-0.2, 0) is 6.54 Å². The van der Waals surface area contributed by atoms with Crippen LogP contribution in [0.25, 0.3) is 0 Å². The van der Waals surface area contributed by atoms with E-state index in [9.17, 15) is 0 Å². The van der Waals surface area contributed by atoms with Crippen LogP contribution >= 0.6 is 0 Å². The number of nitrogens with two attached hydrogens (primary N) is 1. The van der Waals surface area contributed by atoms with Gasteiger partial charge in [0.25, 0.3) is 0 Å². The molecule has 0 aliphatic carbocycles. The van der Waals surface area contributed by atoms with E-state index in [2.05, 4.69) is 24.4 Å². The van der Waals surface area contributed by atoms with E-state index >= 15 is 0 Å². The standard InChI is InChI=1S/C13H21NO/c1-3-4-7-10-14-11-12-8-5-6-9-13(12)15-2/h5-6,8-9,14H,3-4,7,10-11H2,1-2H3/p+1. The highest BCUT2D eigenvalue weighted by Crippen LogP contribution is 2.15. The molecule has 0 saturated heterocycles. The molecule has 0 unspecified atom stereocenters. The van der Waals surface area contributed by atoms with Crippen molar-refractivity contribution in [3.63, 3.8) is 0 Å². The number of benzene rings is 1. The lowest BCUT2D eigenvalue weighted by molar-refractivity contribution is -0.671. The second-order valence-corrected chi connectivity index (χ2v) is 3.80. The molecule has 0 radical (unpaired) electrons. The van der Waals surface area contributed by atoms with Crippen molar-refractivity contribution in [2.75, 3.05) is 13.7 Å². The zero-order valence-corrected chi connectivity index (χ0v) is 9.83. The molecule has 0 fully saturated rings. The molecule has 2 heteroatoms. The number of hydrogen-bond donors (Lipinski definition) is 1. The highest BCUT2D eigenvalue weighted by Gasteiger charge is 2.02. The Labute approximate surface area is 92.6 Å². The van der Waals surface area contributed by atoms with Crippen LogP contribution in [0.15, 0.2) is 24.3 Å². The Morgan fingerprint density at radius 1 is 1.20 bits per heavy atom. The van der Waals surface area contributed by atoms with Gasteiger partial charge in [-0.25, -0.2) is 0 Å². The summed E-state index contributed by atoms with van der Waals surface area (Å²) >= 11 is 0. The lowest BCUT2D eigenvalue weighted by Crippen LogP contribution is -2.82. The van der Waals surface area contributed by atoms with E-state index in [0.29, 0.717) is 0 Å². The highest BCUT2D eigenvalue weighted by molar-refractivity contribution is 5.32. The van der Waals surface area contributed by atoms with Crippen LogP contribution < -0.4 is 10.1 Å². The zero-order valence-electron chi connectivity index (χ0n) is 9.83. The highest BCUT2D eigenvalue weighted by atomic mass is 16.5. The second kappa shape index (κ2) is 7.30. The Morgan fingerprint density at radius 3 is 2.73 bits per heavy atom. The van der Waals surface area contributed by atoms with Gasteiger partial charge in [0.05, 0.1) is 13.7 Å². The molecule has 0 spiro atoms. The molecule has 0 heterocycles. The van der Waals surface area contributed by atoms with Crippen molar-refractivity contribution >= 4 is 0 Å². The summed E-state index contributed by atoms with van der Waals surface area (Å²) in [6.45, 7) is 4.47. The van der Waals surface area contributed by atoms with Crippen LogP contribution in [0.1, 0.15) is 31.7 Å². The van der Waals surface area contributed by atoms with E-state index in [-0.39, 0.29) is 0 Å². The minimum Gasteiger partial charge on any atom is -0.496 e. The van der Waals surface area contributed by atoms with Crippen molar-refractivity contribution in [2.45, 2.75) is 32.7 Å². The molecular weight excluding hydrogens is 186 g/mol. The molecular formula is C13H22NO+. The van der Waals surface area contributed by atoms with Gasteiger partial charge in [0.2, 0.25) is 0 Å². The zero-order chi connectivity index (χ0) is 10.9. The van der Waals surface area contributed by atoms with Gasteiger partial charge in [-0.2, -0.15) is 0 Å². The van der Waals surface area contributed by atoms with Crippen molar-refractivity contribution in [3.8, 4) is 5.75 Å². The van der Waals surface area contributed by atoms with E-state index in [4.69, 9.17) is 4.74 Å². The second-order valence-electron chi connectivity index (χ2n) is 3.80. The maximum atomic E-state index is 5.30. The summed E-state index contributed by atoms with van der Waals surface area (Å²) in [7, 11) is 1.73. The van der Waals surface area contributed by atoms with Gasteiger partial charge in [-0.05, 0) is 25.0 Å². The molecule has 84 valence electrons. The first-order valence-corrected chi connectivity index (χ1v) is 5.82. The minimum absolute atomic E-state index is 1.00. The topological polar surface area (TPSA) is 25.8 Å². The number of hydrogen-bond acceptors (Lipinski definition) is 1. The molecule has 0 aromatic heterocycles. The first kappa shape index (κ1) is 12.1. The number of unbranched alkanes of at least 4 members (excludes halogenated alkanes) is 2. The lowest BCUT2D eigenvalue weighted by atomic mass is 10.2. The molecule has 15 heavy (non-hydrogen) atoms. The molecule has 1 aromatic carbocycles. The van der Waals surface area contributed by atoms with E-state index < -0.39 is 0 Å². The number of ether oxygens (including phenoxy) is 1. The molecule has 0 amide bonds. The fourth-order valence-corrected chi connectivity index (χ4v) is 1.67. The predicted molar refractivity (Wildman–Crippen MR) is 63.0 cm³/mol. The Morgan fingerprint density at radius 2 is 2.00 bits per heavy atom. The molecule has 1 aromatic rings. The molecule has 0 bridgehead atoms. The monoisotopic (exact) mass is 208 g/mol. The first-order valence-electron chi connectivity index (χ1n) is 5.82. The predicted octanol–water partition coefficient (Wildman–Crippen LogP) is 1.95. The summed E-state index contributed by atoms with van der Waals surface area (Å²) in [6.07, 6.45) is 3.94. The summed E-state index contributed by atoms with van der Waals surface area (Å²) in [5.74, 6) is 1.00. The maximum Gasteiger partial charge on any atom is 0.127 e. The molecule has 1 rings (SSSR count). The quantitative estimate of drug-likeness (QED) is 0.681. The lowest BCUT2D eigenvalue weighted by Gasteiger charge is -2.06. The summed E-state index contributed by atoms with van der Waals surface area (Å²) in [4.78, 5) is 0. The van der Waals surface area contributed by atoms with E-state index in [1.807, 2.05) is 12.1 Å².